The second kappa shape index (κ2) is 5.15. The summed E-state index contributed by atoms with van der Waals surface area (Å²) in [5.41, 5.74) is 2.82. The van der Waals surface area contributed by atoms with Crippen LogP contribution >= 0.6 is 15.9 Å². The van der Waals surface area contributed by atoms with Gasteiger partial charge >= 0.3 is 0 Å². The van der Waals surface area contributed by atoms with Crippen LogP contribution in [-0.4, -0.2) is 12.1 Å². The summed E-state index contributed by atoms with van der Waals surface area (Å²) < 4.78 is 6.08. The largest absolute Gasteiger partial charge is 0.497 e. The van der Waals surface area contributed by atoms with Crippen molar-refractivity contribution in [1.29, 1.82) is 0 Å². The summed E-state index contributed by atoms with van der Waals surface area (Å²) in [5.74, 6) is 0.838. The van der Waals surface area contributed by atoms with Gasteiger partial charge in [-0.1, -0.05) is 18.7 Å². The van der Waals surface area contributed by atoms with Gasteiger partial charge in [0.25, 0.3) is 0 Å². The Morgan fingerprint density at radius 3 is 2.41 bits per heavy atom. The van der Waals surface area contributed by atoms with Crippen molar-refractivity contribution in [2.75, 3.05) is 7.11 Å². The van der Waals surface area contributed by atoms with Crippen LogP contribution in [0.5, 0.6) is 5.75 Å². The molecule has 0 aliphatic carbocycles. The Morgan fingerprint density at radius 1 is 1.18 bits per heavy atom. The van der Waals surface area contributed by atoms with Crippen molar-refractivity contribution < 1.29 is 4.74 Å². The number of methoxy groups -OCH3 is 1. The molecule has 0 saturated heterocycles. The number of aromatic nitrogens is 1. The average molecular weight is 290 g/mol. The Morgan fingerprint density at radius 2 is 1.88 bits per heavy atom. The van der Waals surface area contributed by atoms with Gasteiger partial charge in [0, 0.05) is 16.2 Å². The van der Waals surface area contributed by atoms with E-state index < -0.39 is 0 Å². The quantitative estimate of drug-likeness (QED) is 0.855. The number of hydrogen-bond donors (Lipinski definition) is 0. The minimum atomic E-state index is 0.838. The highest BCUT2D eigenvalue weighted by atomic mass is 79.9. The van der Waals surface area contributed by atoms with Gasteiger partial charge in [-0.2, -0.15) is 0 Å². The van der Waals surface area contributed by atoms with Gasteiger partial charge in [0.05, 0.1) is 12.8 Å². The molecule has 0 aliphatic heterocycles. The zero-order valence-corrected chi connectivity index (χ0v) is 11.1. The van der Waals surface area contributed by atoms with E-state index in [0.717, 1.165) is 27.1 Å². The number of halogens is 1. The molecule has 0 saturated carbocycles. The summed E-state index contributed by atoms with van der Waals surface area (Å²) in [6.07, 6.45) is 1.77. The van der Waals surface area contributed by atoms with E-state index in [1.54, 1.807) is 13.3 Å². The third-order valence-electron chi connectivity index (χ3n) is 2.48. The fourth-order valence-corrected chi connectivity index (χ4v) is 1.73. The highest BCUT2D eigenvalue weighted by molar-refractivity contribution is 9.10. The van der Waals surface area contributed by atoms with E-state index in [2.05, 4.69) is 27.5 Å². The molecular weight excluding hydrogens is 278 g/mol. The van der Waals surface area contributed by atoms with E-state index in [9.17, 15) is 0 Å². The Kier molecular flexibility index (Phi) is 3.59. The maximum absolute atomic E-state index is 5.12. The number of pyridine rings is 1. The van der Waals surface area contributed by atoms with Crippen molar-refractivity contribution in [1.82, 2.24) is 4.98 Å². The molecule has 0 radical (unpaired) electrons. The van der Waals surface area contributed by atoms with Crippen molar-refractivity contribution in [2.24, 2.45) is 0 Å². The molecule has 0 spiro atoms. The first kappa shape index (κ1) is 11.9. The maximum atomic E-state index is 5.12. The summed E-state index contributed by atoms with van der Waals surface area (Å²) in [6.45, 7) is 4.06. The topological polar surface area (TPSA) is 22.1 Å². The molecule has 0 unspecified atom stereocenters. The smallest absolute Gasteiger partial charge is 0.118 e. The van der Waals surface area contributed by atoms with Crippen molar-refractivity contribution in [3.63, 3.8) is 0 Å². The van der Waals surface area contributed by atoms with Gasteiger partial charge in [-0.05, 0) is 45.8 Å². The van der Waals surface area contributed by atoms with Gasteiger partial charge in [0.1, 0.15) is 5.75 Å². The van der Waals surface area contributed by atoms with Crippen LogP contribution in [0.3, 0.4) is 0 Å². The molecule has 86 valence electrons. The normalized spacial score (nSPS) is 10.0. The van der Waals surface area contributed by atoms with Crippen LogP contribution in [0.25, 0.3) is 5.57 Å². The minimum Gasteiger partial charge on any atom is -0.497 e. The molecule has 2 nitrogen and oxygen atoms in total. The molecule has 1 aromatic carbocycles. The highest BCUT2D eigenvalue weighted by Crippen LogP contribution is 2.22. The molecule has 3 heteroatoms. The lowest BCUT2D eigenvalue weighted by Crippen LogP contribution is -1.90. The molecule has 2 rings (SSSR count). The van der Waals surface area contributed by atoms with Crippen molar-refractivity contribution in [2.45, 2.75) is 0 Å². The molecule has 0 N–H and O–H groups in total. The summed E-state index contributed by atoms with van der Waals surface area (Å²) >= 11 is 3.36. The van der Waals surface area contributed by atoms with E-state index in [1.165, 1.54) is 0 Å². The predicted octanol–water partition coefficient (Wildman–Crippen LogP) is 3.91. The molecular formula is C14H12BrNO. The molecule has 0 aliphatic rings. The van der Waals surface area contributed by atoms with Crippen molar-refractivity contribution in [3.05, 3.63) is 64.9 Å². The minimum absolute atomic E-state index is 0.838. The number of ether oxygens (including phenoxy) is 1. The van der Waals surface area contributed by atoms with Crippen LogP contribution in [0.4, 0.5) is 0 Å². The zero-order chi connectivity index (χ0) is 12.3. The molecule has 0 amide bonds. The van der Waals surface area contributed by atoms with Crippen LogP contribution < -0.4 is 4.74 Å². The number of hydrogen-bond acceptors (Lipinski definition) is 2. The van der Waals surface area contributed by atoms with Gasteiger partial charge in [0.15, 0.2) is 0 Å². The number of rotatable bonds is 3. The highest BCUT2D eigenvalue weighted by Gasteiger charge is 2.03. The zero-order valence-electron chi connectivity index (χ0n) is 9.48. The molecule has 0 bridgehead atoms. The van der Waals surface area contributed by atoms with Crippen molar-refractivity contribution in [3.8, 4) is 5.75 Å². The van der Waals surface area contributed by atoms with Crippen LogP contribution in [-0.2, 0) is 0 Å². The first-order valence-corrected chi connectivity index (χ1v) is 5.95. The lowest BCUT2D eigenvalue weighted by molar-refractivity contribution is 0.415. The lowest BCUT2D eigenvalue weighted by atomic mass is 10.0. The summed E-state index contributed by atoms with van der Waals surface area (Å²) in [4.78, 5) is 4.32. The van der Waals surface area contributed by atoms with Gasteiger partial charge in [-0.3, -0.25) is 4.98 Å². The Balaban J connectivity index is 2.27. The molecule has 2 aromatic rings. The van der Waals surface area contributed by atoms with E-state index in [4.69, 9.17) is 4.74 Å². The van der Waals surface area contributed by atoms with Crippen LogP contribution in [0.2, 0.25) is 0 Å². The van der Waals surface area contributed by atoms with E-state index in [1.807, 2.05) is 36.4 Å². The first-order valence-electron chi connectivity index (χ1n) is 5.16. The van der Waals surface area contributed by atoms with Gasteiger partial charge in [0.2, 0.25) is 0 Å². The Labute approximate surface area is 109 Å². The Hall–Kier alpha value is -1.61. The Bertz CT molecular complexity index is 517. The molecule has 0 atom stereocenters. The molecule has 0 fully saturated rings. The molecule has 1 aromatic heterocycles. The summed E-state index contributed by atoms with van der Waals surface area (Å²) in [5, 5.41) is 0. The van der Waals surface area contributed by atoms with Gasteiger partial charge in [-0.25, -0.2) is 0 Å². The van der Waals surface area contributed by atoms with Crippen molar-refractivity contribution >= 4 is 21.5 Å². The van der Waals surface area contributed by atoms with Crippen LogP contribution in [0.1, 0.15) is 11.3 Å². The number of benzene rings is 1. The monoisotopic (exact) mass is 289 g/mol. The lowest BCUT2D eigenvalue weighted by Gasteiger charge is -2.06. The maximum Gasteiger partial charge on any atom is 0.118 e. The SMILES string of the molecule is C=C(c1ccc(OC)cc1)c1ccc(Br)cn1. The first-order chi connectivity index (χ1) is 8.20. The second-order valence-corrected chi connectivity index (χ2v) is 4.48. The third-order valence-corrected chi connectivity index (χ3v) is 2.94. The second-order valence-electron chi connectivity index (χ2n) is 3.57. The van der Waals surface area contributed by atoms with E-state index >= 15 is 0 Å². The van der Waals surface area contributed by atoms with E-state index in [0.29, 0.717) is 0 Å². The summed E-state index contributed by atoms with van der Waals surface area (Å²) in [6, 6.07) is 11.7. The fraction of sp³-hybridized carbons (Fsp3) is 0.0714. The summed E-state index contributed by atoms with van der Waals surface area (Å²) in [7, 11) is 1.65. The fourth-order valence-electron chi connectivity index (χ4n) is 1.49. The van der Waals surface area contributed by atoms with E-state index in [-0.39, 0.29) is 0 Å². The standard InChI is InChI=1S/C14H12BrNO/c1-10(14-8-5-12(15)9-16-14)11-3-6-13(17-2)7-4-11/h3-9H,1H2,2H3. The third kappa shape index (κ3) is 2.74. The van der Waals surface area contributed by atoms with Gasteiger partial charge < -0.3 is 4.74 Å². The van der Waals surface area contributed by atoms with Crippen LogP contribution in [0, 0.1) is 0 Å². The molecule has 1 heterocycles. The predicted molar refractivity (Wildman–Crippen MR) is 73.1 cm³/mol. The average Bonchev–Trinajstić information content (AvgIpc) is 2.39. The molecule has 17 heavy (non-hydrogen) atoms. The van der Waals surface area contributed by atoms with Gasteiger partial charge in [-0.15, -0.1) is 0 Å². The van der Waals surface area contributed by atoms with Crippen LogP contribution in [0.15, 0.2) is 53.6 Å². The number of nitrogens with zero attached hydrogens (tertiary/aromatic N) is 1.